The molecule has 0 heterocycles. The number of oxime groups is 1. The highest BCUT2D eigenvalue weighted by Gasteiger charge is 2.23. The Morgan fingerprint density at radius 3 is 2.50 bits per heavy atom. The van der Waals surface area contributed by atoms with Gasteiger partial charge < -0.3 is 15.8 Å². The van der Waals surface area contributed by atoms with Crippen LogP contribution >= 0.6 is 0 Å². The van der Waals surface area contributed by atoms with Crippen LogP contribution in [0.5, 0.6) is 0 Å². The average Bonchev–Trinajstić information content (AvgIpc) is 2.26. The summed E-state index contributed by atoms with van der Waals surface area (Å²) in [6.07, 6.45) is 3.16. The van der Waals surface area contributed by atoms with Gasteiger partial charge in [-0.15, -0.1) is 0 Å². The van der Waals surface area contributed by atoms with Gasteiger partial charge in [-0.05, 0) is 39.8 Å². The van der Waals surface area contributed by atoms with E-state index in [4.69, 9.17) is 10.9 Å². The molecule has 0 amide bonds. The molecule has 1 atom stereocenters. The maximum atomic E-state index is 8.66. The number of rotatable bonds is 7. The Balaban J connectivity index is 3.99. The van der Waals surface area contributed by atoms with E-state index in [2.05, 4.69) is 31.0 Å². The van der Waals surface area contributed by atoms with Gasteiger partial charge in [-0.2, -0.15) is 0 Å². The SMILES string of the molecule is CCC(C)N(C)CCCC(C)(C)C(N)=NO. The second kappa shape index (κ2) is 6.74. The molecule has 0 aliphatic heterocycles. The van der Waals surface area contributed by atoms with Crippen LogP contribution in [-0.2, 0) is 0 Å². The van der Waals surface area contributed by atoms with E-state index in [1.54, 1.807) is 0 Å². The van der Waals surface area contributed by atoms with Gasteiger partial charge in [0.15, 0.2) is 0 Å². The molecule has 0 rings (SSSR count). The molecule has 0 aliphatic carbocycles. The third-order valence-electron chi connectivity index (χ3n) is 3.46. The van der Waals surface area contributed by atoms with Crippen LogP contribution in [0.2, 0.25) is 0 Å². The fourth-order valence-corrected chi connectivity index (χ4v) is 1.57. The standard InChI is InChI=1S/C12H27N3O/c1-6-10(2)15(5)9-7-8-12(3,4)11(13)14-16/h10,16H,6-9H2,1-5H3,(H2,13,14). The summed E-state index contributed by atoms with van der Waals surface area (Å²) < 4.78 is 0. The van der Waals surface area contributed by atoms with Crippen molar-refractivity contribution in [3.63, 3.8) is 0 Å². The molecule has 0 bridgehead atoms. The molecule has 4 heteroatoms. The topological polar surface area (TPSA) is 61.8 Å². The van der Waals surface area contributed by atoms with Crippen LogP contribution in [0.1, 0.15) is 47.0 Å². The largest absolute Gasteiger partial charge is 0.409 e. The number of nitrogens with zero attached hydrogens (tertiary/aromatic N) is 2. The molecule has 4 nitrogen and oxygen atoms in total. The molecule has 0 saturated carbocycles. The highest BCUT2D eigenvalue weighted by Crippen LogP contribution is 2.22. The summed E-state index contributed by atoms with van der Waals surface area (Å²) in [7, 11) is 2.14. The van der Waals surface area contributed by atoms with Gasteiger partial charge in [0, 0.05) is 11.5 Å². The number of hydrogen-bond acceptors (Lipinski definition) is 3. The van der Waals surface area contributed by atoms with E-state index in [1.165, 1.54) is 6.42 Å². The van der Waals surface area contributed by atoms with E-state index in [0.29, 0.717) is 11.9 Å². The van der Waals surface area contributed by atoms with Crippen molar-refractivity contribution in [1.82, 2.24) is 4.90 Å². The fraction of sp³-hybridized carbons (Fsp3) is 0.917. The third kappa shape index (κ3) is 4.84. The molecule has 3 N–H and O–H groups in total. The van der Waals surface area contributed by atoms with Crippen molar-refractivity contribution in [1.29, 1.82) is 0 Å². The van der Waals surface area contributed by atoms with Gasteiger partial charge in [-0.1, -0.05) is 25.9 Å². The van der Waals surface area contributed by atoms with Crippen LogP contribution in [0.15, 0.2) is 5.16 Å². The smallest absolute Gasteiger partial charge is 0.144 e. The van der Waals surface area contributed by atoms with Gasteiger partial charge in [-0.25, -0.2) is 0 Å². The van der Waals surface area contributed by atoms with Crippen LogP contribution in [0.4, 0.5) is 0 Å². The van der Waals surface area contributed by atoms with Crippen LogP contribution in [0.25, 0.3) is 0 Å². The van der Waals surface area contributed by atoms with Crippen LogP contribution < -0.4 is 5.73 Å². The fourth-order valence-electron chi connectivity index (χ4n) is 1.57. The summed E-state index contributed by atoms with van der Waals surface area (Å²) in [6, 6.07) is 0.618. The Bertz CT molecular complexity index is 226. The van der Waals surface area contributed by atoms with Gasteiger partial charge >= 0.3 is 0 Å². The molecule has 96 valence electrons. The van der Waals surface area contributed by atoms with Crippen molar-refractivity contribution in [3.8, 4) is 0 Å². The van der Waals surface area contributed by atoms with Crippen molar-refractivity contribution in [3.05, 3.63) is 0 Å². The van der Waals surface area contributed by atoms with E-state index in [9.17, 15) is 0 Å². The van der Waals surface area contributed by atoms with Crippen LogP contribution in [0.3, 0.4) is 0 Å². The minimum absolute atomic E-state index is 0.217. The number of nitrogens with two attached hydrogens (primary N) is 1. The molecule has 0 aromatic heterocycles. The average molecular weight is 229 g/mol. The van der Waals surface area contributed by atoms with Crippen molar-refractivity contribution >= 4 is 5.84 Å². The molecule has 0 aromatic carbocycles. The second-order valence-corrected chi connectivity index (χ2v) is 5.21. The summed E-state index contributed by atoms with van der Waals surface area (Å²) >= 11 is 0. The number of amidine groups is 1. The van der Waals surface area contributed by atoms with Crippen molar-refractivity contribution in [2.24, 2.45) is 16.3 Å². The van der Waals surface area contributed by atoms with Gasteiger partial charge in [0.1, 0.15) is 5.84 Å². The van der Waals surface area contributed by atoms with Gasteiger partial charge in [-0.3, -0.25) is 0 Å². The van der Waals surface area contributed by atoms with E-state index in [0.717, 1.165) is 19.4 Å². The molecule has 0 saturated heterocycles. The van der Waals surface area contributed by atoms with E-state index >= 15 is 0 Å². The normalized spacial score (nSPS) is 15.5. The summed E-state index contributed by atoms with van der Waals surface area (Å²) in [6.45, 7) is 9.49. The first-order valence-electron chi connectivity index (χ1n) is 6.03. The Morgan fingerprint density at radius 2 is 2.06 bits per heavy atom. The Kier molecular flexibility index (Phi) is 6.41. The van der Waals surface area contributed by atoms with E-state index in [1.807, 2.05) is 13.8 Å². The lowest BCUT2D eigenvalue weighted by atomic mass is 9.86. The lowest BCUT2D eigenvalue weighted by Gasteiger charge is -2.27. The third-order valence-corrected chi connectivity index (χ3v) is 3.46. The molecule has 16 heavy (non-hydrogen) atoms. The quantitative estimate of drug-likeness (QED) is 0.305. The molecular formula is C12H27N3O. The zero-order chi connectivity index (χ0) is 12.8. The molecule has 0 fully saturated rings. The Hall–Kier alpha value is -0.770. The first kappa shape index (κ1) is 15.2. The minimum atomic E-state index is -0.217. The Morgan fingerprint density at radius 1 is 1.50 bits per heavy atom. The van der Waals surface area contributed by atoms with Crippen molar-refractivity contribution in [2.75, 3.05) is 13.6 Å². The highest BCUT2D eigenvalue weighted by atomic mass is 16.4. The highest BCUT2D eigenvalue weighted by molar-refractivity contribution is 5.85. The van der Waals surface area contributed by atoms with Crippen molar-refractivity contribution < 1.29 is 5.21 Å². The lowest BCUT2D eigenvalue weighted by Crippen LogP contribution is -2.34. The molecule has 0 spiro atoms. The number of hydrogen-bond donors (Lipinski definition) is 2. The lowest BCUT2D eigenvalue weighted by molar-refractivity contribution is 0.237. The molecular weight excluding hydrogens is 202 g/mol. The van der Waals surface area contributed by atoms with Crippen molar-refractivity contribution in [2.45, 2.75) is 53.0 Å². The molecule has 0 aliphatic rings. The first-order chi connectivity index (χ1) is 7.35. The zero-order valence-electron chi connectivity index (χ0n) is 11.3. The maximum absolute atomic E-state index is 8.66. The van der Waals surface area contributed by atoms with Gasteiger partial charge in [0.25, 0.3) is 0 Å². The van der Waals surface area contributed by atoms with Gasteiger partial charge in [0.2, 0.25) is 0 Å². The first-order valence-corrected chi connectivity index (χ1v) is 6.03. The van der Waals surface area contributed by atoms with Crippen LogP contribution in [-0.4, -0.2) is 35.6 Å². The summed E-state index contributed by atoms with van der Waals surface area (Å²) in [5.41, 5.74) is 5.42. The van der Waals surface area contributed by atoms with E-state index in [-0.39, 0.29) is 5.41 Å². The zero-order valence-corrected chi connectivity index (χ0v) is 11.3. The summed E-state index contributed by atoms with van der Waals surface area (Å²) in [5, 5.41) is 11.7. The minimum Gasteiger partial charge on any atom is -0.409 e. The maximum Gasteiger partial charge on any atom is 0.144 e. The monoisotopic (exact) mass is 229 g/mol. The van der Waals surface area contributed by atoms with Crippen LogP contribution in [0, 0.1) is 5.41 Å². The summed E-state index contributed by atoms with van der Waals surface area (Å²) in [5.74, 6) is 0.318. The molecule has 0 aromatic rings. The Labute approximate surface area is 99.5 Å². The molecule has 0 radical (unpaired) electrons. The second-order valence-electron chi connectivity index (χ2n) is 5.21. The van der Waals surface area contributed by atoms with Gasteiger partial charge in [0.05, 0.1) is 0 Å². The predicted octanol–water partition coefficient (Wildman–Crippen LogP) is 2.27. The summed E-state index contributed by atoms with van der Waals surface area (Å²) in [4.78, 5) is 2.35. The predicted molar refractivity (Wildman–Crippen MR) is 68.8 cm³/mol. The van der Waals surface area contributed by atoms with E-state index < -0.39 is 0 Å². The molecule has 1 unspecified atom stereocenters.